The Morgan fingerprint density at radius 1 is 1.33 bits per heavy atom. The highest BCUT2D eigenvalue weighted by Gasteiger charge is 2.00. The minimum Gasteiger partial charge on any atom is -0.396 e. The summed E-state index contributed by atoms with van der Waals surface area (Å²) in [5, 5.41) is 8.79. The fourth-order valence-electron chi connectivity index (χ4n) is 1.33. The Labute approximate surface area is 105 Å². The van der Waals surface area contributed by atoms with E-state index in [-0.39, 0.29) is 6.61 Å². The highest BCUT2D eigenvalue weighted by atomic mass is 127. The predicted molar refractivity (Wildman–Crippen MR) is 73.1 cm³/mol. The monoisotopic (exact) mass is 314 g/mol. The van der Waals surface area contributed by atoms with Crippen molar-refractivity contribution in [2.75, 3.05) is 6.61 Å². The number of hydrogen-bond donors (Lipinski definition) is 1. The first kappa shape index (κ1) is 12.5. The standard InChI is InChI=1S/C13H15IO/c1-11(14)13(8-5-9-15)10-12-6-3-2-4-7-12/h2-4,6-8,15H,1,5,9-10H2/b13-8-. The van der Waals surface area contributed by atoms with Gasteiger partial charge in [0.25, 0.3) is 0 Å². The zero-order valence-corrected chi connectivity index (χ0v) is 10.8. The molecule has 2 heteroatoms. The van der Waals surface area contributed by atoms with Crippen molar-refractivity contribution >= 4 is 22.6 Å². The van der Waals surface area contributed by atoms with Crippen LogP contribution in [0.1, 0.15) is 12.0 Å². The van der Waals surface area contributed by atoms with Crippen molar-refractivity contribution in [2.24, 2.45) is 0 Å². The van der Waals surface area contributed by atoms with Crippen LogP contribution in [0.2, 0.25) is 0 Å². The molecule has 0 unspecified atom stereocenters. The molecule has 0 saturated heterocycles. The Morgan fingerprint density at radius 3 is 2.53 bits per heavy atom. The molecule has 1 nitrogen and oxygen atoms in total. The lowest BCUT2D eigenvalue weighted by atomic mass is 10.0. The van der Waals surface area contributed by atoms with E-state index in [2.05, 4.69) is 47.4 Å². The van der Waals surface area contributed by atoms with Crippen LogP contribution in [-0.2, 0) is 6.42 Å². The second-order valence-electron chi connectivity index (χ2n) is 3.31. The molecule has 0 radical (unpaired) electrons. The third-order valence-corrected chi connectivity index (χ3v) is 2.80. The Bertz CT molecular complexity index is 341. The molecule has 0 bridgehead atoms. The summed E-state index contributed by atoms with van der Waals surface area (Å²) >= 11 is 2.23. The topological polar surface area (TPSA) is 20.2 Å². The Kier molecular flexibility index (Phi) is 5.65. The Morgan fingerprint density at radius 2 is 2.00 bits per heavy atom. The summed E-state index contributed by atoms with van der Waals surface area (Å²) in [7, 11) is 0. The number of aliphatic hydroxyl groups is 1. The van der Waals surface area contributed by atoms with Crippen LogP contribution in [0.25, 0.3) is 0 Å². The second kappa shape index (κ2) is 6.80. The van der Waals surface area contributed by atoms with E-state index in [1.807, 2.05) is 18.2 Å². The van der Waals surface area contributed by atoms with E-state index in [4.69, 9.17) is 5.11 Å². The number of halogens is 1. The molecule has 1 rings (SSSR count). The van der Waals surface area contributed by atoms with E-state index in [9.17, 15) is 0 Å². The summed E-state index contributed by atoms with van der Waals surface area (Å²) in [5.41, 5.74) is 2.48. The number of allylic oxidation sites excluding steroid dienone is 2. The van der Waals surface area contributed by atoms with Gasteiger partial charge in [-0.1, -0.05) is 43.0 Å². The maximum Gasteiger partial charge on any atom is 0.0465 e. The van der Waals surface area contributed by atoms with E-state index < -0.39 is 0 Å². The molecule has 0 aliphatic heterocycles. The first-order chi connectivity index (χ1) is 7.24. The minimum absolute atomic E-state index is 0.197. The van der Waals surface area contributed by atoms with Crippen LogP contribution in [0.5, 0.6) is 0 Å². The molecule has 0 fully saturated rings. The number of rotatable bonds is 5. The van der Waals surface area contributed by atoms with Crippen molar-refractivity contribution in [3.8, 4) is 0 Å². The third kappa shape index (κ3) is 4.62. The van der Waals surface area contributed by atoms with Gasteiger partial charge in [-0.3, -0.25) is 0 Å². The molecule has 0 aliphatic rings. The number of aliphatic hydroxyl groups excluding tert-OH is 1. The summed E-state index contributed by atoms with van der Waals surface area (Å²) in [5.74, 6) is 0. The molecule has 15 heavy (non-hydrogen) atoms. The number of hydrogen-bond acceptors (Lipinski definition) is 1. The molecule has 80 valence electrons. The van der Waals surface area contributed by atoms with E-state index in [1.165, 1.54) is 11.1 Å². The van der Waals surface area contributed by atoms with Crippen molar-refractivity contribution in [2.45, 2.75) is 12.8 Å². The van der Waals surface area contributed by atoms with Gasteiger partial charge in [0.2, 0.25) is 0 Å². The van der Waals surface area contributed by atoms with E-state index in [1.54, 1.807) is 0 Å². The van der Waals surface area contributed by atoms with Gasteiger partial charge in [0.15, 0.2) is 0 Å². The SMILES string of the molecule is C=C(I)/C(=C\CCO)Cc1ccccc1. The molecule has 0 heterocycles. The van der Waals surface area contributed by atoms with Crippen LogP contribution in [0.4, 0.5) is 0 Å². The smallest absolute Gasteiger partial charge is 0.0465 e. The zero-order valence-electron chi connectivity index (χ0n) is 8.62. The Hall–Kier alpha value is -0.610. The van der Waals surface area contributed by atoms with Crippen LogP contribution < -0.4 is 0 Å². The fraction of sp³-hybridized carbons (Fsp3) is 0.231. The lowest BCUT2D eigenvalue weighted by Gasteiger charge is -2.05. The third-order valence-electron chi connectivity index (χ3n) is 2.11. The van der Waals surface area contributed by atoms with Crippen molar-refractivity contribution in [1.82, 2.24) is 0 Å². The van der Waals surface area contributed by atoms with E-state index in [0.717, 1.165) is 10.0 Å². The van der Waals surface area contributed by atoms with Gasteiger partial charge < -0.3 is 5.11 Å². The molecule has 0 amide bonds. The molecular weight excluding hydrogens is 299 g/mol. The van der Waals surface area contributed by atoms with Gasteiger partial charge >= 0.3 is 0 Å². The fourth-order valence-corrected chi connectivity index (χ4v) is 1.74. The van der Waals surface area contributed by atoms with Crippen molar-refractivity contribution in [3.05, 3.63) is 57.7 Å². The summed E-state index contributed by atoms with van der Waals surface area (Å²) in [4.78, 5) is 0. The molecule has 0 atom stereocenters. The summed E-state index contributed by atoms with van der Waals surface area (Å²) in [6, 6.07) is 10.3. The average Bonchev–Trinajstić information content (AvgIpc) is 2.25. The van der Waals surface area contributed by atoms with Crippen molar-refractivity contribution in [1.29, 1.82) is 0 Å². The molecule has 1 aromatic rings. The largest absolute Gasteiger partial charge is 0.396 e. The van der Waals surface area contributed by atoms with Crippen LogP contribution in [0.3, 0.4) is 0 Å². The molecule has 0 aromatic heterocycles. The lowest BCUT2D eigenvalue weighted by molar-refractivity contribution is 0.302. The van der Waals surface area contributed by atoms with Crippen molar-refractivity contribution < 1.29 is 5.11 Å². The van der Waals surface area contributed by atoms with Crippen LogP contribution >= 0.6 is 22.6 Å². The molecule has 1 aromatic carbocycles. The zero-order chi connectivity index (χ0) is 11.1. The maximum atomic E-state index is 8.79. The van der Waals surface area contributed by atoms with Gasteiger partial charge in [-0.15, -0.1) is 0 Å². The molecule has 0 aliphatic carbocycles. The van der Waals surface area contributed by atoms with Gasteiger partial charge in [-0.2, -0.15) is 0 Å². The van der Waals surface area contributed by atoms with Crippen LogP contribution in [-0.4, -0.2) is 11.7 Å². The highest BCUT2D eigenvalue weighted by molar-refractivity contribution is 14.1. The minimum atomic E-state index is 0.197. The van der Waals surface area contributed by atoms with Crippen LogP contribution in [0, 0.1) is 0 Å². The van der Waals surface area contributed by atoms with Gasteiger partial charge in [0.1, 0.15) is 0 Å². The van der Waals surface area contributed by atoms with Gasteiger partial charge in [0, 0.05) is 10.2 Å². The lowest BCUT2D eigenvalue weighted by Crippen LogP contribution is -1.91. The van der Waals surface area contributed by atoms with Gasteiger partial charge in [-0.05, 0) is 46.6 Å². The normalized spacial score (nSPS) is 11.5. The summed E-state index contributed by atoms with van der Waals surface area (Å²) in [6.45, 7) is 4.14. The predicted octanol–water partition coefficient (Wildman–Crippen LogP) is 3.49. The summed E-state index contributed by atoms with van der Waals surface area (Å²) in [6.07, 6.45) is 3.65. The molecular formula is C13H15IO. The highest BCUT2D eigenvalue weighted by Crippen LogP contribution is 2.20. The van der Waals surface area contributed by atoms with E-state index >= 15 is 0 Å². The molecule has 0 spiro atoms. The average molecular weight is 314 g/mol. The Balaban J connectivity index is 2.72. The van der Waals surface area contributed by atoms with Crippen LogP contribution in [0.15, 0.2) is 52.1 Å². The van der Waals surface area contributed by atoms with Crippen molar-refractivity contribution in [3.63, 3.8) is 0 Å². The first-order valence-corrected chi connectivity index (χ1v) is 6.00. The van der Waals surface area contributed by atoms with E-state index in [0.29, 0.717) is 6.42 Å². The number of benzene rings is 1. The van der Waals surface area contributed by atoms with Gasteiger partial charge in [0.05, 0.1) is 0 Å². The summed E-state index contributed by atoms with van der Waals surface area (Å²) < 4.78 is 1.05. The molecule has 0 saturated carbocycles. The molecule has 1 N–H and O–H groups in total. The first-order valence-electron chi connectivity index (χ1n) is 4.92. The maximum absolute atomic E-state index is 8.79. The second-order valence-corrected chi connectivity index (χ2v) is 4.61. The quantitative estimate of drug-likeness (QED) is 0.652. The van der Waals surface area contributed by atoms with Gasteiger partial charge in [-0.25, -0.2) is 0 Å².